The van der Waals surface area contributed by atoms with Gasteiger partial charge in [0.2, 0.25) is 0 Å². The average Bonchev–Trinajstić information content (AvgIpc) is 2.68. The van der Waals surface area contributed by atoms with E-state index in [1.54, 1.807) is 6.07 Å². The van der Waals surface area contributed by atoms with Gasteiger partial charge >= 0.3 is 6.03 Å². The molecule has 3 heterocycles. The van der Waals surface area contributed by atoms with Gasteiger partial charge in [-0.1, -0.05) is 36.4 Å². The van der Waals surface area contributed by atoms with Gasteiger partial charge in [0.1, 0.15) is 0 Å². The van der Waals surface area contributed by atoms with Gasteiger partial charge in [-0.05, 0) is 56.4 Å². The van der Waals surface area contributed by atoms with E-state index in [0.29, 0.717) is 25.6 Å². The second-order valence-corrected chi connectivity index (χ2v) is 9.02. The first-order valence-electron chi connectivity index (χ1n) is 10.3. The first-order valence-corrected chi connectivity index (χ1v) is 10.3. The Hall–Kier alpha value is -2.82. The summed E-state index contributed by atoms with van der Waals surface area (Å²) in [6.45, 7) is 12.1. The van der Waals surface area contributed by atoms with E-state index in [-0.39, 0.29) is 17.5 Å². The average molecular weight is 392 g/mol. The molecule has 1 aromatic heterocycles. The van der Waals surface area contributed by atoms with E-state index in [1.165, 1.54) is 0 Å². The van der Waals surface area contributed by atoms with Crippen molar-refractivity contribution in [1.29, 1.82) is 0 Å². The molecule has 2 aliphatic rings. The Labute approximate surface area is 172 Å². The maximum Gasteiger partial charge on any atom is 0.318 e. The van der Waals surface area contributed by atoms with Crippen molar-refractivity contribution < 1.29 is 4.79 Å². The number of aromatic nitrogens is 1. The normalized spacial score (nSPS) is 20.7. The molecular weight excluding hydrogens is 362 g/mol. The number of piperidine rings is 1. The fourth-order valence-electron chi connectivity index (χ4n) is 4.65. The predicted molar refractivity (Wildman–Crippen MR) is 116 cm³/mol. The number of likely N-dealkylation sites (tertiary alicyclic amines) is 1. The zero-order valence-electron chi connectivity index (χ0n) is 17.4. The highest BCUT2D eigenvalue weighted by Crippen LogP contribution is 2.35. The quantitative estimate of drug-likeness (QED) is 0.861. The van der Waals surface area contributed by atoms with Crippen LogP contribution in [0.3, 0.4) is 0 Å². The van der Waals surface area contributed by atoms with E-state index >= 15 is 0 Å². The number of allylic oxidation sites excluding steroid dienone is 1. The molecule has 2 atom stereocenters. The summed E-state index contributed by atoms with van der Waals surface area (Å²) in [4.78, 5) is 27.3. The fourth-order valence-corrected chi connectivity index (χ4v) is 4.65. The Bertz CT molecular complexity index is 1020. The molecule has 2 amide bonds. The number of benzene rings is 1. The summed E-state index contributed by atoms with van der Waals surface area (Å²) >= 11 is 0. The first-order chi connectivity index (χ1) is 13.7. The standard InChI is InChI=1S/C24H29N3O2/c1-16(2)18-7-5-8-20(12-18)24(3,4)25-23(29)26-13-17-11-19(15-26)21-9-6-10-22(28)27(21)14-17/h5-10,12,17,19H,1,11,13-15H2,2-4H3,(H,25,29)/t17-,19-/m0/s1. The maximum absolute atomic E-state index is 13.1. The van der Waals surface area contributed by atoms with Crippen LogP contribution in [0.2, 0.25) is 0 Å². The number of nitrogens with zero attached hydrogens (tertiary/aromatic N) is 2. The van der Waals surface area contributed by atoms with Crippen LogP contribution in [-0.2, 0) is 12.1 Å². The summed E-state index contributed by atoms with van der Waals surface area (Å²) in [5.74, 6) is 0.541. The molecule has 5 heteroatoms. The molecule has 1 aromatic carbocycles. The zero-order valence-corrected chi connectivity index (χ0v) is 17.4. The van der Waals surface area contributed by atoms with Crippen molar-refractivity contribution >= 4 is 11.6 Å². The van der Waals surface area contributed by atoms with Crippen LogP contribution in [0.4, 0.5) is 4.79 Å². The molecule has 1 fully saturated rings. The van der Waals surface area contributed by atoms with Crippen molar-refractivity contribution in [3.63, 3.8) is 0 Å². The molecule has 4 rings (SSSR count). The van der Waals surface area contributed by atoms with Gasteiger partial charge in [0.05, 0.1) is 5.54 Å². The van der Waals surface area contributed by atoms with E-state index in [2.05, 4.69) is 18.0 Å². The van der Waals surface area contributed by atoms with Crippen molar-refractivity contribution in [2.24, 2.45) is 5.92 Å². The van der Waals surface area contributed by atoms with Crippen molar-refractivity contribution in [2.75, 3.05) is 13.1 Å². The number of pyridine rings is 1. The molecule has 0 spiro atoms. The number of fused-ring (bicyclic) bond motifs is 4. The largest absolute Gasteiger partial charge is 0.329 e. The van der Waals surface area contributed by atoms with Crippen LogP contribution in [-0.4, -0.2) is 28.6 Å². The molecule has 5 nitrogen and oxygen atoms in total. The van der Waals surface area contributed by atoms with Crippen LogP contribution in [0.1, 0.15) is 49.9 Å². The molecule has 1 N–H and O–H groups in total. The number of rotatable bonds is 3. The van der Waals surface area contributed by atoms with Gasteiger partial charge in [-0.3, -0.25) is 4.79 Å². The summed E-state index contributed by atoms with van der Waals surface area (Å²) in [6, 6.07) is 13.6. The minimum absolute atomic E-state index is 0.0443. The van der Waals surface area contributed by atoms with Gasteiger partial charge in [-0.2, -0.15) is 0 Å². The number of carbonyl (C=O) groups excluding carboxylic acids is 1. The topological polar surface area (TPSA) is 54.3 Å². The lowest BCUT2D eigenvalue weighted by atomic mass is 9.83. The van der Waals surface area contributed by atoms with Gasteiger partial charge in [0.25, 0.3) is 5.56 Å². The third kappa shape index (κ3) is 3.74. The molecule has 0 saturated carbocycles. The molecule has 1 saturated heterocycles. The minimum Gasteiger partial charge on any atom is -0.329 e. The molecule has 0 aliphatic carbocycles. The van der Waals surface area contributed by atoms with Crippen molar-refractivity contribution in [2.45, 2.75) is 45.2 Å². The SMILES string of the molecule is C=C(C)c1cccc(C(C)(C)NC(=O)N2C[C@@H]3C[C@@H](C2)c2cccc(=O)n2C3)c1. The van der Waals surface area contributed by atoms with Crippen molar-refractivity contribution in [3.8, 4) is 0 Å². The van der Waals surface area contributed by atoms with E-state index in [4.69, 9.17) is 0 Å². The van der Waals surface area contributed by atoms with Gasteiger partial charge in [0, 0.05) is 37.3 Å². The highest BCUT2D eigenvalue weighted by Gasteiger charge is 2.37. The second-order valence-electron chi connectivity index (χ2n) is 9.02. The fraction of sp³-hybridized carbons (Fsp3) is 0.417. The highest BCUT2D eigenvalue weighted by molar-refractivity contribution is 5.75. The number of nitrogens with one attached hydrogen (secondary N) is 1. The van der Waals surface area contributed by atoms with E-state index in [1.807, 2.05) is 60.6 Å². The molecular formula is C24H29N3O2. The van der Waals surface area contributed by atoms with Crippen LogP contribution in [0.5, 0.6) is 0 Å². The Kier molecular flexibility index (Phi) is 4.85. The Morgan fingerprint density at radius 3 is 2.66 bits per heavy atom. The first kappa shape index (κ1) is 19.5. The smallest absolute Gasteiger partial charge is 0.318 e. The summed E-state index contributed by atoms with van der Waals surface area (Å²) in [6.07, 6.45) is 1.04. The van der Waals surface area contributed by atoms with Crippen molar-refractivity contribution in [3.05, 3.63) is 76.2 Å². The molecule has 2 aliphatic heterocycles. The minimum atomic E-state index is -0.496. The Balaban J connectivity index is 1.52. The Morgan fingerprint density at radius 2 is 1.90 bits per heavy atom. The summed E-state index contributed by atoms with van der Waals surface area (Å²) in [5.41, 5.74) is 3.77. The molecule has 29 heavy (non-hydrogen) atoms. The van der Waals surface area contributed by atoms with Crippen LogP contribution in [0, 0.1) is 5.92 Å². The van der Waals surface area contributed by atoms with Crippen LogP contribution >= 0.6 is 0 Å². The molecule has 2 bridgehead atoms. The highest BCUT2D eigenvalue weighted by atomic mass is 16.2. The van der Waals surface area contributed by atoms with Gasteiger partial charge in [-0.15, -0.1) is 0 Å². The van der Waals surface area contributed by atoms with E-state index in [0.717, 1.165) is 28.8 Å². The molecule has 0 unspecified atom stereocenters. The lowest BCUT2D eigenvalue weighted by molar-refractivity contribution is 0.125. The van der Waals surface area contributed by atoms with Crippen LogP contribution < -0.4 is 10.9 Å². The summed E-state index contributed by atoms with van der Waals surface area (Å²) in [5, 5.41) is 3.22. The van der Waals surface area contributed by atoms with Crippen molar-refractivity contribution in [1.82, 2.24) is 14.8 Å². The molecule has 0 radical (unpaired) electrons. The third-order valence-electron chi connectivity index (χ3n) is 6.26. The number of carbonyl (C=O) groups is 1. The van der Waals surface area contributed by atoms with Crippen LogP contribution in [0.25, 0.3) is 5.57 Å². The summed E-state index contributed by atoms with van der Waals surface area (Å²) in [7, 11) is 0. The maximum atomic E-state index is 13.1. The summed E-state index contributed by atoms with van der Waals surface area (Å²) < 4.78 is 1.89. The van der Waals surface area contributed by atoms with Gasteiger partial charge in [-0.25, -0.2) is 4.79 Å². The lowest BCUT2D eigenvalue weighted by Gasteiger charge is -2.43. The zero-order chi connectivity index (χ0) is 20.8. The van der Waals surface area contributed by atoms with Gasteiger partial charge in [0.15, 0.2) is 0 Å². The molecule has 152 valence electrons. The number of urea groups is 1. The monoisotopic (exact) mass is 391 g/mol. The predicted octanol–water partition coefficient (Wildman–Crippen LogP) is 3.95. The number of hydrogen-bond donors (Lipinski definition) is 1. The number of hydrogen-bond acceptors (Lipinski definition) is 2. The number of amides is 2. The second kappa shape index (κ2) is 7.21. The van der Waals surface area contributed by atoms with E-state index < -0.39 is 5.54 Å². The van der Waals surface area contributed by atoms with E-state index in [9.17, 15) is 9.59 Å². The third-order valence-corrected chi connectivity index (χ3v) is 6.26. The molecule has 2 aromatic rings. The lowest BCUT2D eigenvalue weighted by Crippen LogP contribution is -2.54. The van der Waals surface area contributed by atoms with Crippen LogP contribution in [0.15, 0.2) is 53.8 Å². The Morgan fingerprint density at radius 1 is 1.14 bits per heavy atom. The van der Waals surface area contributed by atoms with Gasteiger partial charge < -0.3 is 14.8 Å².